The van der Waals surface area contributed by atoms with Crippen molar-refractivity contribution in [3.63, 3.8) is 0 Å². The van der Waals surface area contributed by atoms with Crippen LogP contribution < -0.4 is 0 Å². The van der Waals surface area contributed by atoms with Crippen LogP contribution in [-0.2, 0) is 9.53 Å². The first-order valence-electron chi connectivity index (χ1n) is 5.11. The smallest absolute Gasteiger partial charge is 0.428 e. The van der Waals surface area contributed by atoms with E-state index in [0.717, 1.165) is 13.3 Å². The van der Waals surface area contributed by atoms with Gasteiger partial charge in [0.15, 0.2) is 0 Å². The molecule has 86 valence electrons. The lowest BCUT2D eigenvalue weighted by molar-refractivity contribution is -0.284. The van der Waals surface area contributed by atoms with Crippen molar-refractivity contribution in [2.45, 2.75) is 44.4 Å². The molecule has 0 aromatic carbocycles. The molecule has 2 saturated carbocycles. The number of alkyl halides is 3. The highest BCUT2D eigenvalue weighted by molar-refractivity contribution is 5.66. The lowest BCUT2D eigenvalue weighted by Gasteiger charge is -2.38. The van der Waals surface area contributed by atoms with Crippen LogP contribution in [0.2, 0.25) is 0 Å². The van der Waals surface area contributed by atoms with Crippen LogP contribution in [0.4, 0.5) is 13.2 Å². The SMILES string of the molecule is CC(=O)OC1(C(F)(F)F)CC2CCC1C2. The van der Waals surface area contributed by atoms with Gasteiger partial charge in [0.2, 0.25) is 5.60 Å². The zero-order chi connectivity index (χ0) is 11.3. The fourth-order valence-electron chi connectivity index (χ4n) is 3.07. The van der Waals surface area contributed by atoms with Gasteiger partial charge in [0.05, 0.1) is 0 Å². The van der Waals surface area contributed by atoms with Gasteiger partial charge in [-0.1, -0.05) is 0 Å². The predicted octanol–water partition coefficient (Wildman–Crippen LogP) is 2.67. The van der Waals surface area contributed by atoms with E-state index in [1.807, 2.05) is 0 Å². The number of esters is 1. The Kier molecular flexibility index (Phi) is 2.24. The Balaban J connectivity index is 2.28. The summed E-state index contributed by atoms with van der Waals surface area (Å²) >= 11 is 0. The molecule has 2 rings (SSSR count). The first kappa shape index (κ1) is 10.8. The quantitative estimate of drug-likeness (QED) is 0.637. The zero-order valence-electron chi connectivity index (χ0n) is 8.43. The van der Waals surface area contributed by atoms with Gasteiger partial charge >= 0.3 is 12.1 Å². The Morgan fingerprint density at radius 3 is 2.40 bits per heavy atom. The maximum atomic E-state index is 13.0. The van der Waals surface area contributed by atoms with Gasteiger partial charge in [-0.25, -0.2) is 0 Å². The molecule has 2 aliphatic rings. The van der Waals surface area contributed by atoms with E-state index in [1.54, 1.807) is 0 Å². The third-order valence-electron chi connectivity index (χ3n) is 3.60. The summed E-state index contributed by atoms with van der Waals surface area (Å²) in [5.74, 6) is -1.28. The van der Waals surface area contributed by atoms with E-state index in [2.05, 4.69) is 4.74 Å². The molecule has 2 aliphatic carbocycles. The average molecular weight is 222 g/mol. The minimum absolute atomic E-state index is 0.0409. The van der Waals surface area contributed by atoms with Gasteiger partial charge in [0, 0.05) is 12.8 Å². The second-order valence-electron chi connectivity index (χ2n) is 4.56. The van der Waals surface area contributed by atoms with Crippen LogP contribution in [0, 0.1) is 11.8 Å². The van der Waals surface area contributed by atoms with E-state index >= 15 is 0 Å². The Morgan fingerprint density at radius 2 is 2.07 bits per heavy atom. The van der Waals surface area contributed by atoms with Crippen molar-refractivity contribution < 1.29 is 22.7 Å². The molecule has 5 heteroatoms. The van der Waals surface area contributed by atoms with Gasteiger partial charge in [-0.2, -0.15) is 13.2 Å². The van der Waals surface area contributed by atoms with E-state index in [9.17, 15) is 18.0 Å². The highest BCUT2D eigenvalue weighted by atomic mass is 19.4. The van der Waals surface area contributed by atoms with Crippen molar-refractivity contribution >= 4 is 5.97 Å². The standard InChI is InChI=1S/C10H13F3O2/c1-6(14)15-9(10(11,12)13)5-7-2-3-8(9)4-7/h7-8H,2-5H2,1H3. The molecule has 15 heavy (non-hydrogen) atoms. The largest absolute Gasteiger partial charge is 0.449 e. The van der Waals surface area contributed by atoms with Gasteiger partial charge in [0.25, 0.3) is 0 Å². The Labute approximate surface area is 85.8 Å². The van der Waals surface area contributed by atoms with Gasteiger partial charge in [-0.3, -0.25) is 4.79 Å². The molecule has 0 spiro atoms. The monoisotopic (exact) mass is 222 g/mol. The zero-order valence-corrected chi connectivity index (χ0v) is 8.43. The van der Waals surface area contributed by atoms with Crippen molar-refractivity contribution in [3.05, 3.63) is 0 Å². The van der Waals surface area contributed by atoms with Crippen LogP contribution >= 0.6 is 0 Å². The molecule has 3 unspecified atom stereocenters. The predicted molar refractivity (Wildman–Crippen MR) is 46.0 cm³/mol. The molecule has 3 atom stereocenters. The van der Waals surface area contributed by atoms with E-state index in [-0.39, 0.29) is 12.3 Å². The summed E-state index contributed by atoms with van der Waals surface area (Å²) in [6.45, 7) is 1.04. The van der Waals surface area contributed by atoms with Crippen molar-refractivity contribution in [3.8, 4) is 0 Å². The molecule has 0 saturated heterocycles. The molecule has 0 N–H and O–H groups in total. The number of rotatable bonds is 1. The molecular formula is C10H13F3O2. The average Bonchev–Trinajstić information content (AvgIpc) is 2.60. The van der Waals surface area contributed by atoms with Crippen LogP contribution in [0.25, 0.3) is 0 Å². The van der Waals surface area contributed by atoms with Crippen molar-refractivity contribution in [1.82, 2.24) is 0 Å². The van der Waals surface area contributed by atoms with E-state index in [1.165, 1.54) is 0 Å². The topological polar surface area (TPSA) is 26.3 Å². The summed E-state index contributed by atoms with van der Waals surface area (Å²) in [5.41, 5.74) is -2.18. The normalized spacial score (nSPS) is 39.5. The number of carbonyl (C=O) groups excluding carboxylic acids is 1. The van der Waals surface area contributed by atoms with Crippen molar-refractivity contribution in [2.24, 2.45) is 11.8 Å². The van der Waals surface area contributed by atoms with Crippen LogP contribution in [0.1, 0.15) is 32.6 Å². The molecule has 0 aromatic heterocycles. The molecule has 2 fully saturated rings. The Hall–Kier alpha value is -0.740. The first-order chi connectivity index (χ1) is 6.85. The molecule has 0 aliphatic heterocycles. The van der Waals surface area contributed by atoms with Gasteiger partial charge in [0.1, 0.15) is 0 Å². The molecule has 2 bridgehead atoms. The highest BCUT2D eigenvalue weighted by Crippen LogP contribution is 2.58. The summed E-state index contributed by atoms with van der Waals surface area (Å²) < 4.78 is 43.5. The molecule has 0 heterocycles. The summed E-state index contributed by atoms with van der Waals surface area (Å²) in [6.07, 6.45) is -2.56. The third kappa shape index (κ3) is 1.52. The van der Waals surface area contributed by atoms with Crippen molar-refractivity contribution in [1.29, 1.82) is 0 Å². The number of halogens is 3. The first-order valence-corrected chi connectivity index (χ1v) is 5.11. The second-order valence-corrected chi connectivity index (χ2v) is 4.56. The van der Waals surface area contributed by atoms with E-state index in [0.29, 0.717) is 12.8 Å². The van der Waals surface area contributed by atoms with Gasteiger partial charge in [-0.15, -0.1) is 0 Å². The number of fused-ring (bicyclic) bond motifs is 2. The van der Waals surface area contributed by atoms with E-state index in [4.69, 9.17) is 0 Å². The maximum absolute atomic E-state index is 13.0. The van der Waals surface area contributed by atoms with E-state index < -0.39 is 23.7 Å². The number of hydrogen-bond acceptors (Lipinski definition) is 2. The number of ether oxygens (including phenoxy) is 1. The number of carbonyl (C=O) groups is 1. The fraction of sp³-hybridized carbons (Fsp3) is 0.900. The minimum Gasteiger partial charge on any atom is -0.449 e. The maximum Gasteiger partial charge on any atom is 0.428 e. The molecule has 2 nitrogen and oxygen atoms in total. The third-order valence-corrected chi connectivity index (χ3v) is 3.60. The summed E-state index contributed by atoms with van der Waals surface area (Å²) in [4.78, 5) is 10.8. The van der Waals surface area contributed by atoms with Crippen LogP contribution in [-0.4, -0.2) is 17.7 Å². The molecular weight excluding hydrogens is 209 g/mol. The Bertz CT molecular complexity index is 287. The molecule has 0 aromatic rings. The van der Waals surface area contributed by atoms with Crippen LogP contribution in [0.15, 0.2) is 0 Å². The summed E-state index contributed by atoms with van der Waals surface area (Å²) in [5, 5.41) is 0. The lowest BCUT2D eigenvalue weighted by atomic mass is 9.83. The van der Waals surface area contributed by atoms with Crippen LogP contribution in [0.5, 0.6) is 0 Å². The Morgan fingerprint density at radius 1 is 1.40 bits per heavy atom. The van der Waals surface area contributed by atoms with Crippen LogP contribution in [0.3, 0.4) is 0 Å². The van der Waals surface area contributed by atoms with Gasteiger partial charge < -0.3 is 4.74 Å². The lowest BCUT2D eigenvalue weighted by Crippen LogP contribution is -2.52. The van der Waals surface area contributed by atoms with Gasteiger partial charge in [-0.05, 0) is 31.6 Å². The highest BCUT2D eigenvalue weighted by Gasteiger charge is 2.68. The van der Waals surface area contributed by atoms with Crippen molar-refractivity contribution in [2.75, 3.05) is 0 Å². The summed E-state index contributed by atoms with van der Waals surface area (Å²) in [6, 6.07) is 0. The molecule has 0 radical (unpaired) electrons. The summed E-state index contributed by atoms with van der Waals surface area (Å²) in [7, 11) is 0. The molecule has 0 amide bonds. The second kappa shape index (κ2) is 3.12. The number of hydrogen-bond donors (Lipinski definition) is 0. The minimum atomic E-state index is -4.43. The fourth-order valence-corrected chi connectivity index (χ4v) is 3.07.